The third-order valence-electron chi connectivity index (χ3n) is 7.15. The Labute approximate surface area is 211 Å². The van der Waals surface area contributed by atoms with E-state index in [1.165, 1.54) is 0 Å². The molecule has 0 unspecified atom stereocenters. The zero-order valence-corrected chi connectivity index (χ0v) is 20.9. The number of hydrogen-bond acceptors (Lipinski definition) is 5. The molecule has 0 aliphatic carbocycles. The quantitative estimate of drug-likeness (QED) is 0.439. The molecule has 36 heavy (non-hydrogen) atoms. The highest BCUT2D eigenvalue weighted by molar-refractivity contribution is 5.83. The summed E-state index contributed by atoms with van der Waals surface area (Å²) in [4.78, 5) is 22.0. The number of halogens is 1. The summed E-state index contributed by atoms with van der Waals surface area (Å²) in [7, 11) is 3.51. The van der Waals surface area contributed by atoms with Crippen molar-refractivity contribution in [3.05, 3.63) is 54.2 Å². The van der Waals surface area contributed by atoms with Crippen molar-refractivity contribution in [2.24, 2.45) is 18.9 Å². The minimum Gasteiger partial charge on any atom is -0.497 e. The summed E-state index contributed by atoms with van der Waals surface area (Å²) in [5.41, 5.74) is 2.24. The average molecular weight is 493 g/mol. The fourth-order valence-electron chi connectivity index (χ4n) is 5.10. The SMILES string of the molecule is COc1ccc2nccc([C@H](F)CC[C@@H]3CCN(CC#Cc4cncn4C)C[C@H]3CCC(=O)O)c2c1. The van der Waals surface area contributed by atoms with Gasteiger partial charge in [-0.15, -0.1) is 0 Å². The Bertz CT molecular complexity index is 1250. The van der Waals surface area contributed by atoms with Crippen molar-refractivity contribution in [3.63, 3.8) is 0 Å². The van der Waals surface area contributed by atoms with E-state index in [4.69, 9.17) is 4.74 Å². The standard InChI is InChI=1S/C28H33FN4O3/c1-32-19-30-17-22(32)4-3-14-33-15-12-20(21(18-33)6-10-28(34)35)5-8-26(29)24-11-13-31-27-9-7-23(36-2)16-25(24)27/h7,9,11,13,16-17,19-21,26H,5-6,8,10,12,14-15,18H2,1-2H3,(H,34,35)/t20-,21-,26-/m1/s1. The molecule has 8 heteroatoms. The third kappa shape index (κ3) is 6.41. The first kappa shape index (κ1) is 25.6. The number of aromatic nitrogens is 3. The van der Waals surface area contributed by atoms with E-state index < -0.39 is 12.1 Å². The van der Waals surface area contributed by atoms with Crippen LogP contribution in [0.5, 0.6) is 5.75 Å². The molecule has 0 radical (unpaired) electrons. The Balaban J connectivity index is 1.40. The van der Waals surface area contributed by atoms with Gasteiger partial charge in [-0.3, -0.25) is 14.7 Å². The molecule has 0 amide bonds. The Morgan fingerprint density at radius 2 is 2.17 bits per heavy atom. The number of likely N-dealkylation sites (tertiary alicyclic amines) is 1. The van der Waals surface area contributed by atoms with Crippen molar-refractivity contribution in [2.75, 3.05) is 26.7 Å². The van der Waals surface area contributed by atoms with Crippen LogP contribution >= 0.6 is 0 Å². The molecule has 1 aliphatic rings. The summed E-state index contributed by atoms with van der Waals surface area (Å²) in [5, 5.41) is 10.0. The van der Waals surface area contributed by atoms with Crippen LogP contribution in [-0.2, 0) is 11.8 Å². The first-order chi connectivity index (χ1) is 17.4. The van der Waals surface area contributed by atoms with Gasteiger partial charge in [0.15, 0.2) is 0 Å². The van der Waals surface area contributed by atoms with E-state index in [1.54, 1.807) is 31.9 Å². The van der Waals surface area contributed by atoms with Gasteiger partial charge in [0.1, 0.15) is 17.6 Å². The second-order valence-electron chi connectivity index (χ2n) is 9.50. The Kier molecular flexibility index (Phi) is 8.55. The number of aliphatic carboxylic acids is 1. The van der Waals surface area contributed by atoms with Gasteiger partial charge in [0.25, 0.3) is 0 Å². The highest BCUT2D eigenvalue weighted by atomic mass is 19.1. The molecule has 190 valence electrons. The van der Waals surface area contributed by atoms with Crippen LogP contribution in [0.25, 0.3) is 10.9 Å². The maximum atomic E-state index is 15.5. The van der Waals surface area contributed by atoms with E-state index in [1.807, 2.05) is 29.8 Å². The van der Waals surface area contributed by atoms with Crippen LogP contribution in [0.4, 0.5) is 4.39 Å². The molecule has 3 heterocycles. The minimum absolute atomic E-state index is 0.129. The summed E-state index contributed by atoms with van der Waals surface area (Å²) in [6, 6.07) is 7.26. The van der Waals surface area contributed by atoms with Crippen molar-refractivity contribution in [1.29, 1.82) is 0 Å². The number of carbonyl (C=O) groups is 1. The molecular formula is C28H33FN4O3. The zero-order valence-electron chi connectivity index (χ0n) is 20.9. The summed E-state index contributed by atoms with van der Waals surface area (Å²) < 4.78 is 22.7. The molecule has 3 atom stereocenters. The zero-order chi connectivity index (χ0) is 25.5. The highest BCUT2D eigenvalue weighted by Gasteiger charge is 2.30. The third-order valence-corrected chi connectivity index (χ3v) is 7.15. The second-order valence-corrected chi connectivity index (χ2v) is 9.50. The van der Waals surface area contributed by atoms with Gasteiger partial charge in [-0.1, -0.05) is 5.92 Å². The van der Waals surface area contributed by atoms with E-state index in [-0.39, 0.29) is 18.3 Å². The molecule has 1 fully saturated rings. The predicted molar refractivity (Wildman–Crippen MR) is 136 cm³/mol. The first-order valence-corrected chi connectivity index (χ1v) is 12.4. The molecule has 0 bridgehead atoms. The van der Waals surface area contributed by atoms with Gasteiger partial charge in [-0.05, 0) is 79.8 Å². The molecule has 1 N–H and O–H groups in total. The Hall–Kier alpha value is -3.44. The van der Waals surface area contributed by atoms with Gasteiger partial charge < -0.3 is 14.4 Å². The molecule has 4 rings (SSSR count). The number of pyridine rings is 1. The molecule has 1 saturated heterocycles. The Morgan fingerprint density at radius 1 is 1.31 bits per heavy atom. The van der Waals surface area contributed by atoms with Gasteiger partial charge in [-0.25, -0.2) is 9.37 Å². The van der Waals surface area contributed by atoms with Crippen molar-refractivity contribution in [3.8, 4) is 17.6 Å². The van der Waals surface area contributed by atoms with Crippen LogP contribution in [-0.4, -0.2) is 57.3 Å². The van der Waals surface area contributed by atoms with Crippen molar-refractivity contribution in [1.82, 2.24) is 19.4 Å². The number of alkyl halides is 1. The van der Waals surface area contributed by atoms with Crippen LogP contribution in [0, 0.1) is 23.7 Å². The monoisotopic (exact) mass is 492 g/mol. The smallest absolute Gasteiger partial charge is 0.303 e. The number of fused-ring (bicyclic) bond motifs is 1. The number of nitrogens with zero attached hydrogens (tertiary/aromatic N) is 4. The fourth-order valence-corrected chi connectivity index (χ4v) is 5.10. The number of carboxylic acid groups (broad SMARTS) is 1. The lowest BCUT2D eigenvalue weighted by Crippen LogP contribution is -2.41. The number of piperidine rings is 1. The van der Waals surface area contributed by atoms with Gasteiger partial charge in [0.2, 0.25) is 0 Å². The number of benzene rings is 1. The van der Waals surface area contributed by atoms with Crippen LogP contribution < -0.4 is 4.74 Å². The van der Waals surface area contributed by atoms with Crippen LogP contribution in [0.1, 0.15) is 49.5 Å². The highest BCUT2D eigenvalue weighted by Crippen LogP contribution is 2.36. The maximum absolute atomic E-state index is 15.5. The minimum atomic E-state index is -1.12. The number of methoxy groups -OCH3 is 1. The maximum Gasteiger partial charge on any atom is 0.303 e. The molecule has 1 aliphatic heterocycles. The van der Waals surface area contributed by atoms with E-state index in [0.29, 0.717) is 37.1 Å². The average Bonchev–Trinajstić information content (AvgIpc) is 3.30. The molecular weight excluding hydrogens is 459 g/mol. The molecule has 3 aromatic rings. The summed E-state index contributed by atoms with van der Waals surface area (Å²) in [5.74, 6) is 6.74. The van der Waals surface area contributed by atoms with E-state index in [9.17, 15) is 9.90 Å². The van der Waals surface area contributed by atoms with Crippen LogP contribution in [0.15, 0.2) is 43.0 Å². The van der Waals surface area contributed by atoms with Crippen molar-refractivity contribution >= 4 is 16.9 Å². The number of carboxylic acids is 1. The molecule has 2 aromatic heterocycles. The lowest BCUT2D eigenvalue weighted by molar-refractivity contribution is -0.137. The number of hydrogen-bond donors (Lipinski definition) is 1. The van der Waals surface area contributed by atoms with Crippen LogP contribution in [0.3, 0.4) is 0 Å². The van der Waals surface area contributed by atoms with Gasteiger partial charge in [0.05, 0.1) is 31.7 Å². The van der Waals surface area contributed by atoms with Gasteiger partial charge in [-0.2, -0.15) is 0 Å². The summed E-state index contributed by atoms with van der Waals surface area (Å²) in [6.07, 6.45) is 6.74. The topological polar surface area (TPSA) is 80.5 Å². The second kappa shape index (κ2) is 12.0. The number of aryl methyl sites for hydroxylation is 1. The van der Waals surface area contributed by atoms with Gasteiger partial charge >= 0.3 is 5.97 Å². The number of ether oxygens (including phenoxy) is 1. The van der Waals surface area contributed by atoms with Crippen molar-refractivity contribution < 1.29 is 19.0 Å². The molecule has 0 saturated carbocycles. The number of imidazole rings is 1. The normalized spacial score (nSPS) is 19.0. The largest absolute Gasteiger partial charge is 0.497 e. The van der Waals surface area contributed by atoms with E-state index in [0.717, 1.165) is 36.1 Å². The number of rotatable bonds is 9. The summed E-state index contributed by atoms with van der Waals surface area (Å²) >= 11 is 0. The molecule has 1 aromatic carbocycles. The van der Waals surface area contributed by atoms with E-state index in [2.05, 4.69) is 26.7 Å². The lowest BCUT2D eigenvalue weighted by Gasteiger charge is -2.38. The van der Waals surface area contributed by atoms with E-state index >= 15 is 4.39 Å². The fraction of sp³-hybridized carbons (Fsp3) is 0.464. The van der Waals surface area contributed by atoms with Gasteiger partial charge in [0, 0.05) is 31.6 Å². The predicted octanol–water partition coefficient (Wildman–Crippen LogP) is 4.62. The first-order valence-electron chi connectivity index (χ1n) is 12.4. The Morgan fingerprint density at radius 3 is 2.92 bits per heavy atom. The summed E-state index contributed by atoms with van der Waals surface area (Å²) in [6.45, 7) is 2.28. The lowest BCUT2D eigenvalue weighted by atomic mass is 9.79. The molecule has 0 spiro atoms. The molecule has 7 nitrogen and oxygen atoms in total. The van der Waals surface area contributed by atoms with Crippen LogP contribution in [0.2, 0.25) is 0 Å². The van der Waals surface area contributed by atoms with Crippen molar-refractivity contribution in [2.45, 2.75) is 38.3 Å².